The zero-order valence-corrected chi connectivity index (χ0v) is 14.7. The summed E-state index contributed by atoms with van der Waals surface area (Å²) < 4.78 is 75.9. The number of aliphatic hydroxyl groups is 2. The van der Waals surface area contributed by atoms with Gasteiger partial charge in [0.05, 0.1) is 29.5 Å². The van der Waals surface area contributed by atoms with Crippen molar-refractivity contribution in [3.63, 3.8) is 0 Å². The number of anilines is 1. The number of hydrogen-bond donors (Lipinski definition) is 3. The first-order valence-electron chi connectivity index (χ1n) is 8.61. The van der Waals surface area contributed by atoms with Gasteiger partial charge in [-0.25, -0.2) is 26.4 Å². The summed E-state index contributed by atoms with van der Waals surface area (Å²) in [5, 5.41) is 20.1. The van der Waals surface area contributed by atoms with Crippen molar-refractivity contribution in [2.45, 2.75) is 6.10 Å². The van der Waals surface area contributed by atoms with Crippen LogP contribution >= 0.6 is 0 Å². The zero-order chi connectivity index (χ0) is 20.9. The molecule has 0 saturated heterocycles. The van der Waals surface area contributed by atoms with Gasteiger partial charge in [-0.05, 0) is 12.1 Å². The maximum Gasteiger partial charge on any atom is 0.845 e. The second-order valence-electron chi connectivity index (χ2n) is 6.51. The van der Waals surface area contributed by atoms with Gasteiger partial charge < -0.3 is 15.5 Å². The third-order valence-corrected chi connectivity index (χ3v) is 4.77. The van der Waals surface area contributed by atoms with E-state index in [-0.39, 0.29) is 17.0 Å². The molecule has 5 nitrogen and oxygen atoms in total. The highest BCUT2D eigenvalue weighted by atomic mass is 19.2. The number of hydrogen-bond acceptors (Lipinski definition) is 3. The van der Waals surface area contributed by atoms with Gasteiger partial charge in [0.15, 0.2) is 29.0 Å². The smallest absolute Gasteiger partial charge is 0.394 e. The molecule has 0 radical (unpaired) electrons. The van der Waals surface area contributed by atoms with Gasteiger partial charge in [-0.1, -0.05) is 0 Å². The molecule has 2 aliphatic heterocycles. The van der Waals surface area contributed by atoms with Crippen molar-refractivity contribution in [2.24, 2.45) is 0 Å². The van der Waals surface area contributed by atoms with Gasteiger partial charge >= 0.3 is 7.26 Å². The lowest BCUT2D eigenvalue weighted by molar-refractivity contribution is -0.329. The molecule has 0 aliphatic carbocycles. The molecular formula is C18H14BF5N3O2+. The highest BCUT2D eigenvalue weighted by Gasteiger charge is 2.48. The topological polar surface area (TPSA) is 60.4 Å². The molecule has 1 atom stereocenters. The van der Waals surface area contributed by atoms with E-state index in [1.807, 2.05) is 0 Å². The SMILES string of the molecule is OC[C@@H](O)CNc1c(F)c(F)c(C2=C3C=CC=[N+]3B(F)n3cccc32)c(F)c1F. The molecule has 1 aromatic heterocycles. The Morgan fingerprint density at radius 1 is 1.14 bits per heavy atom. The Morgan fingerprint density at radius 3 is 2.48 bits per heavy atom. The van der Waals surface area contributed by atoms with Crippen molar-refractivity contribution in [3.8, 4) is 0 Å². The average molecular weight is 410 g/mol. The highest BCUT2D eigenvalue weighted by Crippen LogP contribution is 2.40. The molecule has 2 aliphatic rings. The van der Waals surface area contributed by atoms with Crippen LogP contribution < -0.4 is 5.32 Å². The standard InChI is InChI=1S/C18H13BF5N3O2/c20-14-13(15(21)17(23)18(16(14)22)25-7-9(29)8-28)12-10-3-1-5-26(10)19(24)27-6-2-4-11(12)27/h1-6,9,28-29H,7-8H2/p+1/t9-/m0/s1. The van der Waals surface area contributed by atoms with Crippen LogP contribution in [0.1, 0.15) is 11.3 Å². The molecule has 0 fully saturated rings. The number of nitrogens with zero attached hydrogens (tertiary/aromatic N) is 2. The van der Waals surface area contributed by atoms with E-state index in [2.05, 4.69) is 5.32 Å². The summed E-state index contributed by atoms with van der Waals surface area (Å²) in [5.41, 5.74) is -2.18. The molecule has 0 unspecified atom stereocenters. The van der Waals surface area contributed by atoms with Gasteiger partial charge in [0.25, 0.3) is 0 Å². The lowest BCUT2D eigenvalue weighted by Crippen LogP contribution is -2.38. The van der Waals surface area contributed by atoms with E-state index in [4.69, 9.17) is 5.11 Å². The fraction of sp³-hybridized carbons (Fsp3) is 0.167. The molecular weight excluding hydrogens is 396 g/mol. The third-order valence-electron chi connectivity index (χ3n) is 4.77. The number of halogens is 5. The number of aliphatic hydroxyl groups excluding tert-OH is 2. The Kier molecular flexibility index (Phi) is 4.79. The minimum Gasteiger partial charge on any atom is -0.394 e. The van der Waals surface area contributed by atoms with Crippen LogP contribution in [0, 0.1) is 23.3 Å². The van der Waals surface area contributed by atoms with Crippen LogP contribution in [0.2, 0.25) is 0 Å². The van der Waals surface area contributed by atoms with Crippen molar-refractivity contribution in [1.29, 1.82) is 0 Å². The number of allylic oxidation sites excluding steroid dienone is 2. The van der Waals surface area contributed by atoms with Gasteiger partial charge in [0.2, 0.25) is 0 Å². The van der Waals surface area contributed by atoms with Gasteiger partial charge in [-0.2, -0.15) is 0 Å². The average Bonchev–Trinajstić information content (AvgIpc) is 3.38. The van der Waals surface area contributed by atoms with E-state index in [0.717, 1.165) is 8.96 Å². The summed E-state index contributed by atoms with van der Waals surface area (Å²) in [5.74, 6) is -6.74. The Labute approximate surface area is 161 Å². The second kappa shape index (κ2) is 7.16. The first kappa shape index (κ1) is 19.4. The lowest BCUT2D eigenvalue weighted by Gasteiger charge is -2.20. The molecule has 3 N–H and O–H groups in total. The minimum absolute atomic E-state index is 0.0525. The Hall–Kier alpha value is -2.92. The minimum atomic E-state index is -1.70. The summed E-state index contributed by atoms with van der Waals surface area (Å²) in [6, 6.07) is 2.83. The van der Waals surface area contributed by atoms with E-state index in [1.165, 1.54) is 36.7 Å². The van der Waals surface area contributed by atoms with Gasteiger partial charge in [-0.15, -0.1) is 0 Å². The van der Waals surface area contributed by atoms with E-state index in [0.29, 0.717) is 0 Å². The lowest BCUT2D eigenvalue weighted by atomic mass is 9.89. The molecule has 29 heavy (non-hydrogen) atoms. The van der Waals surface area contributed by atoms with Gasteiger partial charge in [0, 0.05) is 24.9 Å². The quantitative estimate of drug-likeness (QED) is 0.402. The van der Waals surface area contributed by atoms with Crippen LogP contribution in [0.15, 0.2) is 36.2 Å². The highest BCUT2D eigenvalue weighted by molar-refractivity contribution is 6.42. The third kappa shape index (κ3) is 2.88. The van der Waals surface area contributed by atoms with Crippen molar-refractivity contribution < 1.29 is 36.6 Å². The van der Waals surface area contributed by atoms with E-state index >= 15 is 0 Å². The Bertz CT molecular complexity index is 1070. The zero-order valence-electron chi connectivity index (χ0n) is 14.7. The summed E-state index contributed by atoms with van der Waals surface area (Å²) in [6.07, 6.45) is 4.13. The molecule has 0 amide bonds. The van der Waals surface area contributed by atoms with Gasteiger partial charge in [0.1, 0.15) is 11.9 Å². The van der Waals surface area contributed by atoms with Crippen LogP contribution in [0.3, 0.4) is 0 Å². The Balaban J connectivity index is 1.92. The first-order chi connectivity index (χ1) is 13.9. The fourth-order valence-corrected chi connectivity index (χ4v) is 3.40. The summed E-state index contributed by atoms with van der Waals surface area (Å²) >= 11 is 0. The van der Waals surface area contributed by atoms with Gasteiger partial charge in [-0.3, -0.25) is 4.48 Å². The summed E-state index contributed by atoms with van der Waals surface area (Å²) in [6.45, 7) is -1.25. The van der Waals surface area contributed by atoms with Crippen molar-refractivity contribution in [1.82, 2.24) is 4.48 Å². The molecule has 1 aromatic carbocycles. The molecule has 0 spiro atoms. The number of rotatable bonds is 5. The molecule has 4 rings (SSSR count). The van der Waals surface area contributed by atoms with E-state index in [9.17, 15) is 27.0 Å². The first-order valence-corrected chi connectivity index (χ1v) is 8.61. The van der Waals surface area contributed by atoms with Crippen molar-refractivity contribution >= 4 is 24.7 Å². The van der Waals surface area contributed by atoms with Crippen LogP contribution in [-0.4, -0.2) is 51.9 Å². The predicted molar refractivity (Wildman–Crippen MR) is 96.0 cm³/mol. The molecule has 0 bridgehead atoms. The van der Waals surface area contributed by atoms with E-state index < -0.39 is 61.0 Å². The molecule has 3 heterocycles. The van der Waals surface area contributed by atoms with Crippen LogP contribution in [0.5, 0.6) is 0 Å². The van der Waals surface area contributed by atoms with Crippen LogP contribution in [0.25, 0.3) is 5.57 Å². The largest absolute Gasteiger partial charge is 0.845 e. The second-order valence-corrected chi connectivity index (χ2v) is 6.51. The number of aromatic nitrogens is 1. The summed E-state index contributed by atoms with van der Waals surface area (Å²) in [4.78, 5) is 0. The number of benzene rings is 1. The number of fused-ring (bicyclic) bond motifs is 2. The molecule has 2 aromatic rings. The maximum atomic E-state index is 14.9. The molecule has 0 saturated carbocycles. The van der Waals surface area contributed by atoms with Crippen LogP contribution in [-0.2, 0) is 0 Å². The molecule has 11 heteroatoms. The fourth-order valence-electron chi connectivity index (χ4n) is 3.40. The summed E-state index contributed by atoms with van der Waals surface area (Å²) in [7, 11) is -1.68. The van der Waals surface area contributed by atoms with Crippen molar-refractivity contribution in [2.75, 3.05) is 18.5 Å². The normalized spacial score (nSPS) is 16.1. The Morgan fingerprint density at radius 2 is 1.83 bits per heavy atom. The monoisotopic (exact) mass is 410 g/mol. The number of nitrogens with one attached hydrogen (secondary N) is 1. The molecule has 150 valence electrons. The van der Waals surface area contributed by atoms with E-state index in [1.54, 1.807) is 0 Å². The van der Waals surface area contributed by atoms with Crippen LogP contribution in [0.4, 0.5) is 27.6 Å². The predicted octanol–water partition coefficient (Wildman–Crippen LogP) is 2.04. The maximum absolute atomic E-state index is 14.9. The van der Waals surface area contributed by atoms with Crippen molar-refractivity contribution in [3.05, 3.63) is 70.7 Å².